The van der Waals surface area contributed by atoms with Crippen molar-refractivity contribution in [3.8, 4) is 11.5 Å². The lowest BCUT2D eigenvalue weighted by Gasteiger charge is -2.09. The predicted octanol–water partition coefficient (Wildman–Crippen LogP) is 4.11. The first-order valence-corrected chi connectivity index (χ1v) is 8.18. The zero-order valence-corrected chi connectivity index (χ0v) is 14.2. The van der Waals surface area contributed by atoms with Crippen LogP contribution >= 0.6 is 0 Å². The number of carbonyl (C=O) groups excluding carboxylic acids is 1. The van der Waals surface area contributed by atoms with Crippen molar-refractivity contribution in [1.29, 1.82) is 0 Å². The smallest absolute Gasteiger partial charge is 0.274 e. The molecule has 0 fully saturated rings. The van der Waals surface area contributed by atoms with Gasteiger partial charge in [-0.3, -0.25) is 9.78 Å². The first-order chi connectivity index (χ1) is 12.7. The molecule has 0 saturated carbocycles. The number of nitrogens with one attached hydrogen (secondary N) is 2. The van der Waals surface area contributed by atoms with E-state index in [1.54, 1.807) is 30.5 Å². The fourth-order valence-electron chi connectivity index (χ4n) is 2.61. The monoisotopic (exact) mass is 347 g/mol. The van der Waals surface area contributed by atoms with E-state index < -0.39 is 0 Å². The molecule has 1 amide bonds. The third-order valence-electron chi connectivity index (χ3n) is 3.96. The van der Waals surface area contributed by atoms with Crippen molar-refractivity contribution in [2.45, 2.75) is 6.92 Å². The predicted molar refractivity (Wildman–Crippen MR) is 99.2 cm³/mol. The number of hydrogen-bond acceptors (Lipinski definition) is 5. The Morgan fingerprint density at radius 3 is 2.54 bits per heavy atom. The van der Waals surface area contributed by atoms with Crippen LogP contribution in [0.5, 0.6) is 11.5 Å². The Morgan fingerprint density at radius 1 is 0.923 bits per heavy atom. The number of ether oxygens (including phenoxy) is 2. The largest absolute Gasteiger partial charge is 0.454 e. The maximum absolute atomic E-state index is 12.5. The van der Waals surface area contributed by atoms with E-state index in [1.807, 2.05) is 37.3 Å². The maximum atomic E-state index is 12.5. The van der Waals surface area contributed by atoms with Crippen LogP contribution in [0.2, 0.25) is 0 Å². The molecule has 3 aromatic rings. The van der Waals surface area contributed by atoms with Crippen molar-refractivity contribution < 1.29 is 14.3 Å². The molecule has 0 unspecified atom stereocenters. The highest BCUT2D eigenvalue weighted by molar-refractivity contribution is 6.03. The second-order valence-electron chi connectivity index (χ2n) is 5.94. The Morgan fingerprint density at radius 2 is 1.69 bits per heavy atom. The molecule has 1 aromatic heterocycles. The quantitative estimate of drug-likeness (QED) is 0.743. The number of rotatable bonds is 4. The molecule has 2 N–H and O–H groups in total. The highest BCUT2D eigenvalue weighted by Gasteiger charge is 2.15. The number of nitrogens with zero attached hydrogens (tertiary/aromatic N) is 1. The summed E-state index contributed by atoms with van der Waals surface area (Å²) < 4.78 is 10.6. The van der Waals surface area contributed by atoms with E-state index >= 15 is 0 Å². The highest BCUT2D eigenvalue weighted by atomic mass is 16.7. The van der Waals surface area contributed by atoms with Crippen LogP contribution in [0, 0.1) is 6.92 Å². The van der Waals surface area contributed by atoms with Gasteiger partial charge < -0.3 is 20.1 Å². The van der Waals surface area contributed by atoms with Crippen molar-refractivity contribution >= 4 is 23.0 Å². The molecular weight excluding hydrogens is 330 g/mol. The first-order valence-electron chi connectivity index (χ1n) is 8.18. The summed E-state index contributed by atoms with van der Waals surface area (Å²) in [6.45, 7) is 2.23. The number of pyridine rings is 1. The summed E-state index contributed by atoms with van der Waals surface area (Å²) in [6.07, 6.45) is 1.60. The van der Waals surface area contributed by atoms with E-state index in [2.05, 4.69) is 15.6 Å². The fourth-order valence-corrected chi connectivity index (χ4v) is 2.61. The Hall–Kier alpha value is -3.54. The van der Waals surface area contributed by atoms with E-state index in [4.69, 9.17) is 9.47 Å². The van der Waals surface area contributed by atoms with Gasteiger partial charge in [-0.25, -0.2) is 0 Å². The van der Waals surface area contributed by atoms with Gasteiger partial charge in [-0.15, -0.1) is 0 Å². The van der Waals surface area contributed by atoms with Gasteiger partial charge in [-0.1, -0.05) is 17.7 Å². The molecule has 0 spiro atoms. The van der Waals surface area contributed by atoms with Gasteiger partial charge in [0.15, 0.2) is 11.5 Å². The molecule has 2 aromatic carbocycles. The number of benzene rings is 2. The minimum Gasteiger partial charge on any atom is -0.454 e. The van der Waals surface area contributed by atoms with Crippen molar-refractivity contribution in [3.05, 3.63) is 72.1 Å². The Kier molecular flexibility index (Phi) is 4.15. The van der Waals surface area contributed by atoms with Gasteiger partial charge in [0.1, 0.15) is 5.69 Å². The van der Waals surface area contributed by atoms with E-state index in [1.165, 1.54) is 5.56 Å². The van der Waals surface area contributed by atoms with Crippen LogP contribution in [0.3, 0.4) is 0 Å². The van der Waals surface area contributed by atoms with Crippen LogP contribution in [0.4, 0.5) is 17.1 Å². The summed E-state index contributed by atoms with van der Waals surface area (Å²) in [5, 5.41) is 6.09. The molecule has 2 heterocycles. The van der Waals surface area contributed by atoms with Crippen LogP contribution in [0.25, 0.3) is 0 Å². The Labute approximate surface area is 150 Å². The zero-order valence-electron chi connectivity index (χ0n) is 14.2. The van der Waals surface area contributed by atoms with Crippen LogP contribution in [-0.4, -0.2) is 17.7 Å². The lowest BCUT2D eigenvalue weighted by atomic mass is 10.2. The number of carbonyl (C=O) groups is 1. The molecule has 0 aliphatic carbocycles. The molecule has 0 atom stereocenters. The lowest BCUT2D eigenvalue weighted by Crippen LogP contribution is -2.13. The highest BCUT2D eigenvalue weighted by Crippen LogP contribution is 2.34. The van der Waals surface area contributed by atoms with Crippen LogP contribution in [0.15, 0.2) is 60.8 Å². The summed E-state index contributed by atoms with van der Waals surface area (Å²) in [5.74, 6) is 0.993. The van der Waals surface area contributed by atoms with Gasteiger partial charge in [0, 0.05) is 29.3 Å². The molecule has 0 radical (unpaired) electrons. The molecule has 130 valence electrons. The third-order valence-corrected chi connectivity index (χ3v) is 3.96. The van der Waals surface area contributed by atoms with Crippen molar-refractivity contribution in [1.82, 2.24) is 4.98 Å². The number of fused-ring (bicyclic) bond motifs is 1. The van der Waals surface area contributed by atoms with E-state index in [-0.39, 0.29) is 12.7 Å². The number of aryl methyl sites for hydroxylation is 1. The van der Waals surface area contributed by atoms with Crippen molar-refractivity contribution in [2.24, 2.45) is 0 Å². The van der Waals surface area contributed by atoms with Crippen LogP contribution in [-0.2, 0) is 0 Å². The third kappa shape index (κ3) is 3.44. The van der Waals surface area contributed by atoms with Gasteiger partial charge in [0.25, 0.3) is 5.91 Å². The topological polar surface area (TPSA) is 72.5 Å². The van der Waals surface area contributed by atoms with Crippen molar-refractivity contribution in [2.75, 3.05) is 17.4 Å². The maximum Gasteiger partial charge on any atom is 0.274 e. The van der Waals surface area contributed by atoms with Gasteiger partial charge in [-0.2, -0.15) is 0 Å². The lowest BCUT2D eigenvalue weighted by molar-refractivity contribution is 0.102. The number of anilines is 3. The second kappa shape index (κ2) is 6.76. The molecule has 1 aliphatic rings. The summed E-state index contributed by atoms with van der Waals surface area (Å²) in [7, 11) is 0. The number of aromatic nitrogens is 1. The van der Waals surface area contributed by atoms with Crippen molar-refractivity contribution in [3.63, 3.8) is 0 Å². The summed E-state index contributed by atoms with van der Waals surface area (Å²) in [5.41, 5.74) is 3.87. The molecule has 6 heteroatoms. The summed E-state index contributed by atoms with van der Waals surface area (Å²) in [6, 6.07) is 16.8. The van der Waals surface area contributed by atoms with Crippen LogP contribution in [0.1, 0.15) is 16.1 Å². The minimum atomic E-state index is -0.295. The molecular formula is C20H17N3O3. The molecule has 0 bridgehead atoms. The van der Waals surface area contributed by atoms with Gasteiger partial charge in [0.2, 0.25) is 6.79 Å². The Bertz CT molecular complexity index is 955. The minimum absolute atomic E-state index is 0.195. The zero-order chi connectivity index (χ0) is 17.9. The number of hydrogen-bond donors (Lipinski definition) is 2. The summed E-state index contributed by atoms with van der Waals surface area (Å²) in [4.78, 5) is 16.6. The second-order valence-corrected chi connectivity index (χ2v) is 5.94. The SMILES string of the molecule is Cc1ccc(Nc2ccnc(C(=O)Nc3ccc4c(c3)OCO4)c2)cc1. The van der Waals surface area contributed by atoms with E-state index in [0.717, 1.165) is 11.4 Å². The standard InChI is InChI=1S/C20H17N3O3/c1-13-2-4-14(5-3-13)22-16-8-9-21-17(10-16)20(24)23-15-6-7-18-19(11-15)26-12-25-18/h2-11H,12H2,1H3,(H,21,22)(H,23,24). The molecule has 4 rings (SSSR count). The van der Waals surface area contributed by atoms with E-state index in [9.17, 15) is 4.79 Å². The number of amides is 1. The molecule has 1 aliphatic heterocycles. The van der Waals surface area contributed by atoms with Gasteiger partial charge >= 0.3 is 0 Å². The molecule has 26 heavy (non-hydrogen) atoms. The normalized spacial score (nSPS) is 11.9. The fraction of sp³-hybridized carbons (Fsp3) is 0.100. The average Bonchev–Trinajstić information content (AvgIpc) is 3.12. The summed E-state index contributed by atoms with van der Waals surface area (Å²) >= 11 is 0. The average molecular weight is 347 g/mol. The van der Waals surface area contributed by atoms with Gasteiger partial charge in [-0.05, 0) is 43.3 Å². The Balaban J connectivity index is 1.48. The van der Waals surface area contributed by atoms with Gasteiger partial charge in [0.05, 0.1) is 0 Å². The molecule has 6 nitrogen and oxygen atoms in total. The van der Waals surface area contributed by atoms with E-state index in [0.29, 0.717) is 22.9 Å². The molecule has 0 saturated heterocycles. The first kappa shape index (κ1) is 16.0. The van der Waals surface area contributed by atoms with Crippen LogP contribution < -0.4 is 20.1 Å².